The van der Waals surface area contributed by atoms with Gasteiger partial charge in [-0.1, -0.05) is 23.8 Å². The number of thiophene rings is 1. The summed E-state index contributed by atoms with van der Waals surface area (Å²) in [6.45, 7) is 8.39. The van der Waals surface area contributed by atoms with Crippen LogP contribution in [-0.2, 0) is 16.0 Å². The number of carbonyl (C=O) groups excluding carboxylic acids is 2. The number of carbonyl (C=O) groups is 2. The fourth-order valence-electron chi connectivity index (χ4n) is 3.15. The van der Waals surface area contributed by atoms with Crippen LogP contribution in [0.5, 0.6) is 0 Å². The first kappa shape index (κ1) is 19.2. The molecule has 0 spiro atoms. The Hall–Kier alpha value is -2.14. The quantitative estimate of drug-likeness (QED) is 0.794. The van der Waals surface area contributed by atoms with Gasteiger partial charge < -0.3 is 10.6 Å². The van der Waals surface area contributed by atoms with E-state index in [1.165, 1.54) is 29.2 Å². The molecule has 1 aromatic heterocycles. The molecule has 1 heterocycles. The Morgan fingerprint density at radius 3 is 2.40 bits per heavy atom. The summed E-state index contributed by atoms with van der Waals surface area (Å²) in [6.07, 6.45) is 1.07. The topological polar surface area (TPSA) is 58.2 Å². The predicted molar refractivity (Wildman–Crippen MR) is 103 cm³/mol. The molecule has 1 aromatic carbocycles. The van der Waals surface area contributed by atoms with Crippen molar-refractivity contribution in [3.63, 3.8) is 0 Å². The van der Waals surface area contributed by atoms with Crippen molar-refractivity contribution >= 4 is 23.2 Å². The van der Waals surface area contributed by atoms with Gasteiger partial charge in [-0.15, -0.1) is 11.3 Å². The molecular weight excluding hydrogens is 332 g/mol. The third kappa shape index (κ3) is 5.71. The zero-order valence-corrected chi connectivity index (χ0v) is 16.1. The van der Waals surface area contributed by atoms with Crippen LogP contribution in [0.3, 0.4) is 0 Å². The minimum Gasteiger partial charge on any atom is -0.356 e. The van der Waals surface area contributed by atoms with Crippen molar-refractivity contribution in [2.45, 2.75) is 46.6 Å². The Labute approximate surface area is 153 Å². The van der Waals surface area contributed by atoms with Gasteiger partial charge in [0.15, 0.2) is 0 Å². The lowest BCUT2D eigenvalue weighted by Gasteiger charge is -2.17. The van der Waals surface area contributed by atoms with Crippen LogP contribution in [0.2, 0.25) is 0 Å². The lowest BCUT2D eigenvalue weighted by atomic mass is 9.97. The van der Waals surface area contributed by atoms with E-state index in [-0.39, 0.29) is 24.3 Å². The highest BCUT2D eigenvalue weighted by Crippen LogP contribution is 2.22. The van der Waals surface area contributed by atoms with Gasteiger partial charge in [0.1, 0.15) is 0 Å². The standard InChI is InChI=1S/C20H26N2O2S/c1-13-10-14(2)17(15(3)11-13)7-8-21-20(24)12-18(22-16(4)23)19-6-5-9-25-19/h5-6,9-11,18H,7-8,12H2,1-4H3,(H,21,24)(H,22,23). The molecule has 134 valence electrons. The number of amides is 2. The Morgan fingerprint density at radius 2 is 1.84 bits per heavy atom. The van der Waals surface area contributed by atoms with Gasteiger partial charge in [-0.2, -0.15) is 0 Å². The van der Waals surface area contributed by atoms with Gasteiger partial charge in [0.05, 0.1) is 12.5 Å². The van der Waals surface area contributed by atoms with Crippen LogP contribution in [-0.4, -0.2) is 18.4 Å². The van der Waals surface area contributed by atoms with Crippen LogP contribution < -0.4 is 10.6 Å². The Kier molecular flexibility index (Phi) is 6.76. The molecule has 25 heavy (non-hydrogen) atoms. The second kappa shape index (κ2) is 8.81. The molecule has 0 radical (unpaired) electrons. The number of nitrogens with one attached hydrogen (secondary N) is 2. The zero-order valence-electron chi connectivity index (χ0n) is 15.3. The molecule has 0 saturated carbocycles. The largest absolute Gasteiger partial charge is 0.356 e. The highest BCUT2D eigenvalue weighted by Gasteiger charge is 2.17. The van der Waals surface area contributed by atoms with E-state index in [0.29, 0.717) is 6.54 Å². The van der Waals surface area contributed by atoms with Crippen molar-refractivity contribution in [1.82, 2.24) is 10.6 Å². The Balaban J connectivity index is 1.90. The smallest absolute Gasteiger partial charge is 0.222 e. The number of rotatable bonds is 7. The van der Waals surface area contributed by atoms with Gasteiger partial charge in [-0.05, 0) is 55.3 Å². The van der Waals surface area contributed by atoms with Gasteiger partial charge in [-0.3, -0.25) is 9.59 Å². The van der Waals surface area contributed by atoms with Gasteiger partial charge in [0.25, 0.3) is 0 Å². The van der Waals surface area contributed by atoms with E-state index in [0.717, 1.165) is 11.3 Å². The van der Waals surface area contributed by atoms with Crippen molar-refractivity contribution in [3.8, 4) is 0 Å². The van der Waals surface area contributed by atoms with Crippen LogP contribution in [0.15, 0.2) is 29.6 Å². The molecule has 2 N–H and O–H groups in total. The summed E-state index contributed by atoms with van der Waals surface area (Å²) < 4.78 is 0. The summed E-state index contributed by atoms with van der Waals surface area (Å²) in [5, 5.41) is 7.79. The van der Waals surface area contributed by atoms with E-state index >= 15 is 0 Å². The zero-order chi connectivity index (χ0) is 18.4. The molecule has 2 aromatic rings. The monoisotopic (exact) mass is 358 g/mol. The number of hydrogen-bond acceptors (Lipinski definition) is 3. The number of benzene rings is 1. The van der Waals surface area contributed by atoms with Crippen LogP contribution in [0.1, 0.15) is 46.5 Å². The van der Waals surface area contributed by atoms with Crippen LogP contribution in [0.25, 0.3) is 0 Å². The van der Waals surface area contributed by atoms with Gasteiger partial charge in [-0.25, -0.2) is 0 Å². The lowest BCUT2D eigenvalue weighted by molar-refractivity contribution is -0.122. The van der Waals surface area contributed by atoms with Gasteiger partial charge in [0, 0.05) is 18.3 Å². The third-order valence-electron chi connectivity index (χ3n) is 4.19. The van der Waals surface area contributed by atoms with Crippen molar-refractivity contribution in [1.29, 1.82) is 0 Å². The first-order valence-electron chi connectivity index (χ1n) is 8.50. The molecule has 2 rings (SSSR count). The molecule has 0 aliphatic heterocycles. The van der Waals surface area contributed by atoms with Crippen molar-refractivity contribution in [3.05, 3.63) is 56.8 Å². The van der Waals surface area contributed by atoms with Crippen molar-refractivity contribution in [2.24, 2.45) is 0 Å². The van der Waals surface area contributed by atoms with E-state index in [2.05, 4.69) is 43.5 Å². The number of hydrogen-bond donors (Lipinski definition) is 2. The van der Waals surface area contributed by atoms with E-state index in [9.17, 15) is 9.59 Å². The predicted octanol–water partition coefficient (Wildman–Crippen LogP) is 3.60. The molecular formula is C20H26N2O2S. The van der Waals surface area contributed by atoms with Crippen molar-refractivity contribution < 1.29 is 9.59 Å². The summed E-state index contributed by atoms with van der Waals surface area (Å²) >= 11 is 1.55. The number of aryl methyl sites for hydroxylation is 3. The van der Waals surface area contributed by atoms with E-state index in [1.807, 2.05) is 17.5 Å². The maximum absolute atomic E-state index is 12.3. The molecule has 2 amide bonds. The maximum Gasteiger partial charge on any atom is 0.222 e. The Bertz CT molecular complexity index is 715. The fraction of sp³-hybridized carbons (Fsp3) is 0.400. The molecule has 0 fully saturated rings. The first-order valence-corrected chi connectivity index (χ1v) is 9.38. The molecule has 0 bridgehead atoms. The van der Waals surface area contributed by atoms with E-state index < -0.39 is 0 Å². The fourth-order valence-corrected chi connectivity index (χ4v) is 3.92. The van der Waals surface area contributed by atoms with Crippen LogP contribution in [0.4, 0.5) is 0 Å². The molecule has 1 atom stereocenters. The summed E-state index contributed by atoms with van der Waals surface area (Å²) in [4.78, 5) is 24.7. The van der Waals surface area contributed by atoms with Gasteiger partial charge in [0.2, 0.25) is 11.8 Å². The van der Waals surface area contributed by atoms with Crippen molar-refractivity contribution in [2.75, 3.05) is 6.54 Å². The highest BCUT2D eigenvalue weighted by molar-refractivity contribution is 7.10. The van der Waals surface area contributed by atoms with Crippen LogP contribution in [0, 0.1) is 20.8 Å². The molecule has 0 aliphatic rings. The molecule has 0 saturated heterocycles. The highest BCUT2D eigenvalue weighted by atomic mass is 32.1. The summed E-state index contributed by atoms with van der Waals surface area (Å²) in [5.74, 6) is -0.174. The minimum absolute atomic E-state index is 0.0467. The minimum atomic E-state index is -0.264. The SMILES string of the molecule is CC(=O)NC(CC(=O)NCCc1c(C)cc(C)cc1C)c1cccs1. The van der Waals surface area contributed by atoms with Gasteiger partial charge >= 0.3 is 0 Å². The lowest BCUT2D eigenvalue weighted by Crippen LogP contribution is -2.33. The second-order valence-corrected chi connectivity index (χ2v) is 7.43. The molecule has 4 nitrogen and oxygen atoms in total. The Morgan fingerprint density at radius 1 is 1.16 bits per heavy atom. The molecule has 0 aliphatic carbocycles. The van der Waals surface area contributed by atoms with E-state index in [4.69, 9.17) is 0 Å². The summed E-state index contributed by atoms with van der Waals surface area (Å²) in [6, 6.07) is 7.95. The average Bonchev–Trinajstić information content (AvgIpc) is 3.03. The second-order valence-electron chi connectivity index (χ2n) is 6.45. The summed E-state index contributed by atoms with van der Waals surface area (Å²) in [5.41, 5.74) is 5.09. The third-order valence-corrected chi connectivity index (χ3v) is 5.18. The van der Waals surface area contributed by atoms with Crippen LogP contribution >= 0.6 is 11.3 Å². The maximum atomic E-state index is 12.3. The van der Waals surface area contributed by atoms with E-state index in [1.54, 1.807) is 11.3 Å². The average molecular weight is 359 g/mol. The first-order chi connectivity index (χ1) is 11.9. The molecule has 5 heteroatoms. The molecule has 1 unspecified atom stereocenters. The normalized spacial score (nSPS) is 11.8. The summed E-state index contributed by atoms with van der Waals surface area (Å²) in [7, 11) is 0.